The Bertz CT molecular complexity index is 1080. The number of nitrogen functional groups attached to an aromatic ring is 1. The summed E-state index contributed by atoms with van der Waals surface area (Å²) in [6, 6.07) is 15.8. The van der Waals surface area contributed by atoms with Gasteiger partial charge < -0.3 is 21.1 Å². The van der Waals surface area contributed by atoms with E-state index in [1.807, 2.05) is 30.3 Å². The van der Waals surface area contributed by atoms with Crippen molar-refractivity contribution in [1.82, 2.24) is 10.3 Å². The largest absolute Gasteiger partial charge is 0.497 e. The molecule has 0 saturated carbocycles. The Kier molecular flexibility index (Phi) is 4.87. The van der Waals surface area contributed by atoms with Crippen molar-refractivity contribution in [2.75, 3.05) is 18.2 Å². The summed E-state index contributed by atoms with van der Waals surface area (Å²) in [6.45, 7) is 0. The van der Waals surface area contributed by atoms with E-state index in [1.165, 1.54) is 7.11 Å². The third-order valence-corrected chi connectivity index (χ3v) is 4.86. The molecule has 1 aliphatic heterocycles. The fourth-order valence-corrected chi connectivity index (χ4v) is 3.31. The summed E-state index contributed by atoms with van der Waals surface area (Å²) in [5.41, 5.74) is 9.49. The smallest absolute Gasteiger partial charge is 0.254 e. The Morgan fingerprint density at radius 2 is 1.83 bits per heavy atom. The van der Waals surface area contributed by atoms with Crippen LogP contribution < -0.4 is 21.1 Å². The summed E-state index contributed by atoms with van der Waals surface area (Å²) in [5.74, 6) is 0.443. The van der Waals surface area contributed by atoms with Crippen molar-refractivity contribution in [2.24, 2.45) is 0 Å². The molecule has 0 spiro atoms. The lowest BCUT2D eigenvalue weighted by Gasteiger charge is -2.15. The van der Waals surface area contributed by atoms with Gasteiger partial charge in [-0.05, 0) is 47.0 Å². The number of nitrogens with two attached hydrogens (primary N) is 1. The fourth-order valence-electron chi connectivity index (χ4n) is 3.31. The van der Waals surface area contributed by atoms with E-state index in [0.717, 1.165) is 16.7 Å². The molecule has 1 aliphatic rings. The van der Waals surface area contributed by atoms with Crippen molar-refractivity contribution in [1.29, 1.82) is 0 Å². The standard InChI is InChI=1S/C22H20N4O3/c1-29-16-6-7-18-17(12-16)21(27)26-19(22(28)25-18)10-13-2-4-14(5-3-13)15-8-9-24-20(23)11-15/h2-9,11-12,19H,10H2,1H3,(H2,23,24)(H,25,28)(H,26,27). The number of hydrogen-bond donors (Lipinski definition) is 3. The number of methoxy groups -OCH3 is 1. The molecule has 0 bridgehead atoms. The van der Waals surface area contributed by atoms with E-state index in [0.29, 0.717) is 29.2 Å². The van der Waals surface area contributed by atoms with Crippen LogP contribution in [-0.4, -0.2) is 29.9 Å². The van der Waals surface area contributed by atoms with Crippen molar-refractivity contribution in [3.63, 3.8) is 0 Å². The number of fused-ring (bicyclic) bond motifs is 1. The third kappa shape index (κ3) is 3.89. The molecule has 29 heavy (non-hydrogen) atoms. The normalized spacial score (nSPS) is 15.7. The Labute approximate surface area is 167 Å². The van der Waals surface area contributed by atoms with Gasteiger partial charge in [-0.25, -0.2) is 4.98 Å². The molecule has 2 amide bonds. The highest BCUT2D eigenvalue weighted by molar-refractivity contribution is 6.10. The number of nitrogens with zero attached hydrogens (tertiary/aromatic N) is 1. The van der Waals surface area contributed by atoms with Gasteiger partial charge >= 0.3 is 0 Å². The van der Waals surface area contributed by atoms with Gasteiger partial charge in [-0.15, -0.1) is 0 Å². The van der Waals surface area contributed by atoms with Gasteiger partial charge in [0.25, 0.3) is 5.91 Å². The lowest BCUT2D eigenvalue weighted by Crippen LogP contribution is -2.42. The van der Waals surface area contributed by atoms with Crippen LogP contribution >= 0.6 is 0 Å². The van der Waals surface area contributed by atoms with Gasteiger partial charge in [0.2, 0.25) is 5.91 Å². The highest BCUT2D eigenvalue weighted by atomic mass is 16.5. The molecule has 0 aliphatic carbocycles. The SMILES string of the molecule is COc1ccc2c(c1)C(=O)NC(Cc1ccc(-c3ccnc(N)c3)cc1)C(=O)N2. The summed E-state index contributed by atoms with van der Waals surface area (Å²) in [7, 11) is 1.53. The van der Waals surface area contributed by atoms with Crippen LogP contribution in [0.3, 0.4) is 0 Å². The topological polar surface area (TPSA) is 106 Å². The summed E-state index contributed by atoms with van der Waals surface area (Å²) in [4.78, 5) is 29.2. The molecular formula is C22H20N4O3. The minimum absolute atomic E-state index is 0.256. The number of pyridine rings is 1. The van der Waals surface area contributed by atoms with Crippen LogP contribution in [0.2, 0.25) is 0 Å². The lowest BCUT2D eigenvalue weighted by atomic mass is 10.0. The molecule has 0 radical (unpaired) electrons. The van der Waals surface area contributed by atoms with E-state index < -0.39 is 6.04 Å². The van der Waals surface area contributed by atoms with Gasteiger partial charge in [-0.1, -0.05) is 24.3 Å². The average molecular weight is 388 g/mol. The first kappa shape index (κ1) is 18.5. The predicted octanol–water partition coefficient (Wildman–Crippen LogP) is 2.63. The van der Waals surface area contributed by atoms with Crippen molar-refractivity contribution in [2.45, 2.75) is 12.5 Å². The monoisotopic (exact) mass is 388 g/mol. The number of rotatable bonds is 4. The molecular weight excluding hydrogens is 368 g/mol. The van der Waals surface area contributed by atoms with Gasteiger partial charge in [-0.3, -0.25) is 9.59 Å². The molecule has 146 valence electrons. The van der Waals surface area contributed by atoms with Crippen molar-refractivity contribution in [3.8, 4) is 16.9 Å². The Hall–Kier alpha value is -3.87. The van der Waals surface area contributed by atoms with Gasteiger partial charge in [0.15, 0.2) is 0 Å². The van der Waals surface area contributed by atoms with Crippen LogP contribution in [-0.2, 0) is 11.2 Å². The van der Waals surface area contributed by atoms with Crippen molar-refractivity contribution in [3.05, 3.63) is 71.9 Å². The van der Waals surface area contributed by atoms with E-state index in [-0.39, 0.29) is 11.8 Å². The molecule has 0 fully saturated rings. The maximum absolute atomic E-state index is 12.6. The number of anilines is 2. The van der Waals surface area contributed by atoms with E-state index in [9.17, 15) is 9.59 Å². The number of ether oxygens (including phenoxy) is 1. The number of aromatic nitrogens is 1. The second kappa shape index (κ2) is 7.63. The van der Waals surface area contributed by atoms with Crippen LogP contribution in [0, 0.1) is 0 Å². The Balaban J connectivity index is 1.52. The summed E-state index contributed by atoms with van der Waals surface area (Å²) in [5, 5.41) is 5.63. The minimum atomic E-state index is -0.677. The number of carbonyl (C=O) groups is 2. The van der Waals surface area contributed by atoms with Crippen LogP contribution in [0.5, 0.6) is 5.75 Å². The quantitative estimate of drug-likeness (QED) is 0.637. The van der Waals surface area contributed by atoms with Crippen molar-refractivity contribution >= 4 is 23.3 Å². The maximum Gasteiger partial charge on any atom is 0.254 e. The van der Waals surface area contributed by atoms with Crippen LogP contribution in [0.4, 0.5) is 11.5 Å². The van der Waals surface area contributed by atoms with Gasteiger partial charge in [-0.2, -0.15) is 0 Å². The second-order valence-corrected chi connectivity index (χ2v) is 6.80. The number of amides is 2. The van der Waals surface area contributed by atoms with Crippen molar-refractivity contribution < 1.29 is 14.3 Å². The molecule has 1 aromatic heterocycles. The second-order valence-electron chi connectivity index (χ2n) is 6.80. The average Bonchev–Trinajstić information content (AvgIpc) is 2.84. The molecule has 0 saturated heterocycles. The molecule has 1 unspecified atom stereocenters. The zero-order chi connectivity index (χ0) is 20.4. The Morgan fingerprint density at radius 3 is 2.55 bits per heavy atom. The fraction of sp³-hybridized carbons (Fsp3) is 0.136. The predicted molar refractivity (Wildman–Crippen MR) is 111 cm³/mol. The molecule has 7 nitrogen and oxygen atoms in total. The number of nitrogens with one attached hydrogen (secondary N) is 2. The van der Waals surface area contributed by atoms with E-state index in [4.69, 9.17) is 10.5 Å². The molecule has 7 heteroatoms. The molecule has 1 atom stereocenters. The third-order valence-electron chi connectivity index (χ3n) is 4.86. The molecule has 2 heterocycles. The molecule has 4 rings (SSSR count). The van der Waals surface area contributed by atoms with Crippen LogP contribution in [0.25, 0.3) is 11.1 Å². The molecule has 3 aromatic rings. The molecule has 2 aromatic carbocycles. The zero-order valence-electron chi connectivity index (χ0n) is 15.8. The number of hydrogen-bond acceptors (Lipinski definition) is 5. The minimum Gasteiger partial charge on any atom is -0.497 e. The van der Waals surface area contributed by atoms with Crippen LogP contribution in [0.15, 0.2) is 60.8 Å². The van der Waals surface area contributed by atoms with Crippen LogP contribution in [0.1, 0.15) is 15.9 Å². The van der Waals surface area contributed by atoms with E-state index in [1.54, 1.807) is 30.5 Å². The van der Waals surface area contributed by atoms with E-state index in [2.05, 4.69) is 15.6 Å². The van der Waals surface area contributed by atoms with Gasteiger partial charge in [0, 0.05) is 12.6 Å². The number of benzene rings is 2. The van der Waals surface area contributed by atoms with Gasteiger partial charge in [0.05, 0.1) is 18.4 Å². The summed E-state index contributed by atoms with van der Waals surface area (Å²) >= 11 is 0. The highest BCUT2D eigenvalue weighted by Gasteiger charge is 2.28. The Morgan fingerprint density at radius 1 is 1.03 bits per heavy atom. The highest BCUT2D eigenvalue weighted by Crippen LogP contribution is 2.25. The number of carbonyl (C=O) groups excluding carboxylic acids is 2. The first-order chi connectivity index (χ1) is 14.0. The maximum atomic E-state index is 12.6. The summed E-state index contributed by atoms with van der Waals surface area (Å²) in [6.07, 6.45) is 2.04. The zero-order valence-corrected chi connectivity index (χ0v) is 15.8. The first-order valence-electron chi connectivity index (χ1n) is 9.14. The van der Waals surface area contributed by atoms with E-state index >= 15 is 0 Å². The first-order valence-corrected chi connectivity index (χ1v) is 9.14. The summed E-state index contributed by atoms with van der Waals surface area (Å²) < 4.78 is 5.17. The lowest BCUT2D eigenvalue weighted by molar-refractivity contribution is -0.117. The molecule has 4 N–H and O–H groups in total. The van der Waals surface area contributed by atoms with Gasteiger partial charge in [0.1, 0.15) is 17.6 Å².